The monoisotopic (exact) mass is 352 g/mol. The van der Waals surface area contributed by atoms with Crippen LogP contribution in [-0.2, 0) is 0 Å². The lowest BCUT2D eigenvalue weighted by molar-refractivity contribution is 0.0996. The Bertz CT molecular complexity index is 731. The van der Waals surface area contributed by atoms with Gasteiger partial charge in [0, 0.05) is 10.9 Å². The molecule has 1 aromatic carbocycles. The van der Waals surface area contributed by atoms with E-state index in [1.807, 2.05) is 6.07 Å². The maximum atomic E-state index is 11.6. The molecule has 0 spiro atoms. The number of primary amides is 1. The molecule has 0 atom stereocenters. The molecule has 0 aliphatic heterocycles. The van der Waals surface area contributed by atoms with Crippen molar-refractivity contribution >= 4 is 16.8 Å². The number of benzene rings is 1. The van der Waals surface area contributed by atoms with E-state index in [4.69, 9.17) is 5.73 Å². The fourth-order valence-electron chi connectivity index (χ4n) is 5.20. The molecular weight excluding hydrogens is 320 g/mol. The third-order valence-electron chi connectivity index (χ3n) is 7.00. The molecule has 140 valence electrons. The highest BCUT2D eigenvalue weighted by Gasteiger charge is 2.27. The lowest BCUT2D eigenvalue weighted by Crippen LogP contribution is -2.16. The molecule has 2 saturated carbocycles. The Morgan fingerprint density at radius 3 is 1.85 bits per heavy atom. The Morgan fingerprint density at radius 2 is 1.35 bits per heavy atom. The van der Waals surface area contributed by atoms with Crippen LogP contribution < -0.4 is 5.73 Å². The summed E-state index contributed by atoms with van der Waals surface area (Å²) in [6.45, 7) is 4.76. The summed E-state index contributed by atoms with van der Waals surface area (Å²) in [5.41, 5.74) is 10.2. The summed E-state index contributed by atoms with van der Waals surface area (Å²) >= 11 is 0. The van der Waals surface area contributed by atoms with Crippen LogP contribution in [0.1, 0.15) is 98.7 Å². The summed E-state index contributed by atoms with van der Waals surface area (Å²) in [7, 11) is 0. The molecule has 26 heavy (non-hydrogen) atoms. The van der Waals surface area contributed by atoms with Crippen LogP contribution in [-0.4, -0.2) is 10.9 Å². The lowest BCUT2D eigenvalue weighted by atomic mass is 9.72. The van der Waals surface area contributed by atoms with E-state index in [0.717, 1.165) is 22.7 Å². The lowest BCUT2D eigenvalue weighted by Gasteiger charge is -2.32. The molecule has 2 fully saturated rings. The Kier molecular flexibility index (Phi) is 4.81. The average molecular weight is 353 g/mol. The van der Waals surface area contributed by atoms with Crippen molar-refractivity contribution in [2.24, 2.45) is 17.6 Å². The van der Waals surface area contributed by atoms with E-state index in [1.54, 1.807) is 11.1 Å². The molecular formula is C23H32N2O. The standard InChI is InChI=1S/C23H32N2O/c1-14-3-7-16(8-4-14)19-11-18-12-22(23(24)26)25-21(18)13-20(19)17-9-5-15(2)6-10-17/h11-17,25H,3-10H2,1-2H3,(H2,24,26). The van der Waals surface area contributed by atoms with Gasteiger partial charge in [-0.15, -0.1) is 0 Å². The zero-order valence-corrected chi connectivity index (χ0v) is 16.2. The van der Waals surface area contributed by atoms with E-state index in [-0.39, 0.29) is 5.91 Å². The first-order valence-corrected chi connectivity index (χ1v) is 10.5. The molecule has 0 unspecified atom stereocenters. The third kappa shape index (κ3) is 3.41. The van der Waals surface area contributed by atoms with Gasteiger partial charge in [-0.1, -0.05) is 39.5 Å². The number of carbonyl (C=O) groups excluding carboxylic acids is 1. The van der Waals surface area contributed by atoms with Gasteiger partial charge in [0.15, 0.2) is 0 Å². The van der Waals surface area contributed by atoms with Gasteiger partial charge in [0.1, 0.15) is 5.69 Å². The van der Waals surface area contributed by atoms with Crippen molar-refractivity contribution in [3.05, 3.63) is 35.0 Å². The zero-order valence-electron chi connectivity index (χ0n) is 16.2. The van der Waals surface area contributed by atoms with Crippen molar-refractivity contribution in [3.8, 4) is 0 Å². The molecule has 0 radical (unpaired) electrons. The summed E-state index contributed by atoms with van der Waals surface area (Å²) in [4.78, 5) is 14.9. The van der Waals surface area contributed by atoms with Gasteiger partial charge in [0.05, 0.1) is 0 Å². The maximum Gasteiger partial charge on any atom is 0.265 e. The van der Waals surface area contributed by atoms with E-state index in [1.165, 1.54) is 51.4 Å². The number of nitrogens with one attached hydrogen (secondary N) is 1. The fourth-order valence-corrected chi connectivity index (χ4v) is 5.20. The normalized spacial score (nSPS) is 29.8. The van der Waals surface area contributed by atoms with Crippen molar-refractivity contribution in [1.82, 2.24) is 4.98 Å². The van der Waals surface area contributed by atoms with Crippen molar-refractivity contribution < 1.29 is 4.79 Å². The number of aromatic nitrogens is 1. The van der Waals surface area contributed by atoms with Gasteiger partial charge in [-0.2, -0.15) is 0 Å². The van der Waals surface area contributed by atoms with E-state index in [2.05, 4.69) is 31.0 Å². The van der Waals surface area contributed by atoms with Gasteiger partial charge in [-0.05, 0) is 78.7 Å². The van der Waals surface area contributed by atoms with Crippen LogP contribution in [0.2, 0.25) is 0 Å². The predicted octanol–water partition coefficient (Wildman–Crippen LogP) is 5.85. The third-order valence-corrected chi connectivity index (χ3v) is 7.00. The number of carbonyl (C=O) groups is 1. The molecule has 3 heteroatoms. The molecule has 1 amide bonds. The number of fused-ring (bicyclic) bond motifs is 1. The second-order valence-electron chi connectivity index (χ2n) is 9.03. The van der Waals surface area contributed by atoms with E-state index in [0.29, 0.717) is 17.5 Å². The summed E-state index contributed by atoms with van der Waals surface area (Å²) < 4.78 is 0. The van der Waals surface area contributed by atoms with Crippen molar-refractivity contribution in [2.45, 2.75) is 77.0 Å². The molecule has 2 aliphatic carbocycles. The fraction of sp³-hybridized carbons (Fsp3) is 0.609. The van der Waals surface area contributed by atoms with Crippen LogP contribution in [0.4, 0.5) is 0 Å². The van der Waals surface area contributed by atoms with Crippen LogP contribution in [0.5, 0.6) is 0 Å². The Balaban J connectivity index is 1.75. The molecule has 4 rings (SSSR count). The van der Waals surface area contributed by atoms with Gasteiger partial charge < -0.3 is 10.7 Å². The minimum atomic E-state index is -0.373. The quantitative estimate of drug-likeness (QED) is 0.714. The van der Waals surface area contributed by atoms with Crippen molar-refractivity contribution in [3.63, 3.8) is 0 Å². The first-order chi connectivity index (χ1) is 12.5. The molecule has 2 aliphatic rings. The number of hydrogen-bond donors (Lipinski definition) is 2. The largest absolute Gasteiger partial charge is 0.364 e. The van der Waals surface area contributed by atoms with E-state index >= 15 is 0 Å². The van der Waals surface area contributed by atoms with Crippen LogP contribution in [0, 0.1) is 11.8 Å². The number of nitrogens with two attached hydrogens (primary N) is 1. The van der Waals surface area contributed by atoms with E-state index in [9.17, 15) is 4.79 Å². The first kappa shape index (κ1) is 17.6. The van der Waals surface area contributed by atoms with Gasteiger partial charge in [-0.3, -0.25) is 4.79 Å². The molecule has 1 aromatic heterocycles. The van der Waals surface area contributed by atoms with Gasteiger partial charge in [-0.25, -0.2) is 0 Å². The van der Waals surface area contributed by atoms with E-state index < -0.39 is 0 Å². The highest BCUT2D eigenvalue weighted by Crippen LogP contribution is 2.44. The number of aromatic amines is 1. The van der Waals surface area contributed by atoms with Crippen molar-refractivity contribution in [1.29, 1.82) is 0 Å². The Morgan fingerprint density at radius 1 is 0.846 bits per heavy atom. The topological polar surface area (TPSA) is 58.9 Å². The summed E-state index contributed by atoms with van der Waals surface area (Å²) in [6.07, 6.45) is 10.5. The first-order valence-electron chi connectivity index (χ1n) is 10.5. The highest BCUT2D eigenvalue weighted by molar-refractivity contribution is 5.97. The minimum Gasteiger partial charge on any atom is -0.364 e. The van der Waals surface area contributed by atoms with Gasteiger partial charge >= 0.3 is 0 Å². The van der Waals surface area contributed by atoms with Gasteiger partial charge in [0.2, 0.25) is 0 Å². The Hall–Kier alpha value is -1.77. The predicted molar refractivity (Wildman–Crippen MR) is 108 cm³/mol. The second-order valence-corrected chi connectivity index (χ2v) is 9.03. The number of amides is 1. The molecule has 0 saturated heterocycles. The highest BCUT2D eigenvalue weighted by atomic mass is 16.1. The number of rotatable bonds is 3. The zero-order chi connectivity index (χ0) is 18.3. The SMILES string of the molecule is CC1CCC(c2cc3cc(C(N)=O)[nH]c3cc2C2CCC(C)CC2)CC1. The molecule has 3 N–H and O–H groups in total. The second kappa shape index (κ2) is 7.09. The van der Waals surface area contributed by atoms with Crippen LogP contribution in [0.25, 0.3) is 10.9 Å². The molecule has 3 nitrogen and oxygen atoms in total. The summed E-state index contributed by atoms with van der Waals surface area (Å²) in [5.74, 6) is 2.70. The van der Waals surface area contributed by atoms with Gasteiger partial charge in [0.25, 0.3) is 5.91 Å². The van der Waals surface area contributed by atoms with Crippen molar-refractivity contribution in [2.75, 3.05) is 0 Å². The summed E-state index contributed by atoms with van der Waals surface area (Å²) in [5, 5.41) is 1.14. The maximum absolute atomic E-state index is 11.6. The Labute approximate surface area is 156 Å². The minimum absolute atomic E-state index is 0.373. The number of H-pyrrole nitrogens is 1. The molecule has 0 bridgehead atoms. The van der Waals surface area contributed by atoms with Crippen LogP contribution in [0.15, 0.2) is 18.2 Å². The van der Waals surface area contributed by atoms with Crippen LogP contribution in [0.3, 0.4) is 0 Å². The van der Waals surface area contributed by atoms with Crippen LogP contribution >= 0.6 is 0 Å². The average Bonchev–Trinajstić information content (AvgIpc) is 3.05. The summed E-state index contributed by atoms with van der Waals surface area (Å²) in [6, 6.07) is 6.64. The molecule has 2 aromatic rings. The molecule has 1 heterocycles. The number of hydrogen-bond acceptors (Lipinski definition) is 1. The smallest absolute Gasteiger partial charge is 0.265 e.